The Balaban J connectivity index is 1.48. The molecule has 1 aliphatic rings. The summed E-state index contributed by atoms with van der Waals surface area (Å²) in [5.74, 6) is -2.06. The van der Waals surface area contributed by atoms with Crippen molar-refractivity contribution in [2.45, 2.75) is 38.9 Å². The molecule has 0 amide bonds. The smallest absolute Gasteiger partial charge is 0.452 e. The van der Waals surface area contributed by atoms with Gasteiger partial charge in [0.25, 0.3) is 5.56 Å². The molecule has 5 rings (SSSR count). The van der Waals surface area contributed by atoms with E-state index in [2.05, 4.69) is 15.0 Å². The topological polar surface area (TPSA) is 113 Å². The Morgan fingerprint density at radius 3 is 2.58 bits per heavy atom. The summed E-state index contributed by atoms with van der Waals surface area (Å²) in [4.78, 5) is 31.6. The van der Waals surface area contributed by atoms with Crippen molar-refractivity contribution >= 4 is 23.1 Å². The van der Waals surface area contributed by atoms with Crippen LogP contribution in [0.5, 0.6) is 0 Å². The number of para-hydroxylation sites is 1. The van der Waals surface area contributed by atoms with Gasteiger partial charge >= 0.3 is 12.1 Å². The van der Waals surface area contributed by atoms with Gasteiger partial charge in [-0.1, -0.05) is 17.3 Å². The van der Waals surface area contributed by atoms with Crippen LogP contribution in [0.25, 0.3) is 5.65 Å². The Morgan fingerprint density at radius 1 is 1.21 bits per heavy atom. The number of halogens is 3. The molecule has 9 nitrogen and oxygen atoms in total. The van der Waals surface area contributed by atoms with Crippen molar-refractivity contribution < 1.29 is 27.6 Å². The average Bonchev–Trinajstić information content (AvgIpc) is 3.32. The van der Waals surface area contributed by atoms with E-state index < -0.39 is 23.9 Å². The number of nitrogens with zero attached hydrogens (tertiary/aromatic N) is 4. The number of aromatic carboxylic acids is 1. The number of aromatic nitrogens is 3. The number of hydrogen-bond acceptors (Lipinski definition) is 7. The number of carboxylic acid groups (broad SMARTS) is 1. The van der Waals surface area contributed by atoms with E-state index in [0.29, 0.717) is 41.4 Å². The first kappa shape index (κ1) is 25.3. The normalized spacial score (nSPS) is 14.9. The quantitative estimate of drug-likeness (QED) is 0.368. The molecule has 0 bridgehead atoms. The van der Waals surface area contributed by atoms with E-state index in [1.165, 1.54) is 10.5 Å². The maximum absolute atomic E-state index is 13.3. The number of alkyl halides is 3. The number of aryl methyl sites for hydroxylation is 1. The molecular weight excluding hydrogens is 503 g/mol. The molecule has 1 aliphatic heterocycles. The molecule has 198 valence electrons. The number of hydrogen-bond donors (Lipinski definition) is 2. The number of carbonyl (C=O) groups is 1. The summed E-state index contributed by atoms with van der Waals surface area (Å²) >= 11 is 0. The largest absolute Gasteiger partial charge is 0.478 e. The molecule has 12 heteroatoms. The summed E-state index contributed by atoms with van der Waals surface area (Å²) in [6.45, 7) is 6.02. The van der Waals surface area contributed by atoms with Crippen LogP contribution in [0.2, 0.25) is 0 Å². The van der Waals surface area contributed by atoms with Gasteiger partial charge in [0.15, 0.2) is 0 Å². The summed E-state index contributed by atoms with van der Waals surface area (Å²) in [6, 6.07) is 8.92. The second-order valence-corrected chi connectivity index (χ2v) is 9.46. The van der Waals surface area contributed by atoms with Crippen LogP contribution >= 0.6 is 0 Å². The fraction of sp³-hybridized carbons (Fsp3) is 0.308. The highest BCUT2D eigenvalue weighted by Crippen LogP contribution is 2.36. The summed E-state index contributed by atoms with van der Waals surface area (Å²) in [6.07, 6.45) is -2.92. The molecule has 4 aromatic rings. The zero-order valence-electron chi connectivity index (χ0n) is 20.7. The molecule has 0 unspecified atom stereocenters. The number of nitrogens with one attached hydrogen (secondary N) is 1. The van der Waals surface area contributed by atoms with Gasteiger partial charge in [0.2, 0.25) is 5.76 Å². The van der Waals surface area contributed by atoms with Gasteiger partial charge in [0, 0.05) is 42.5 Å². The molecule has 0 saturated carbocycles. The van der Waals surface area contributed by atoms with Gasteiger partial charge in [0.1, 0.15) is 11.5 Å². The number of carboxylic acids is 1. The third-order valence-corrected chi connectivity index (χ3v) is 6.69. The number of pyridine rings is 1. The van der Waals surface area contributed by atoms with E-state index >= 15 is 0 Å². The van der Waals surface area contributed by atoms with Gasteiger partial charge in [-0.25, -0.2) is 9.78 Å². The van der Waals surface area contributed by atoms with Crippen LogP contribution < -0.4 is 15.8 Å². The van der Waals surface area contributed by atoms with Crippen molar-refractivity contribution in [3.8, 4) is 0 Å². The van der Waals surface area contributed by atoms with E-state index in [9.17, 15) is 27.9 Å². The van der Waals surface area contributed by atoms with Crippen molar-refractivity contribution in [1.29, 1.82) is 0 Å². The minimum atomic E-state index is -4.61. The Bertz CT molecular complexity index is 1600. The fourth-order valence-electron chi connectivity index (χ4n) is 4.67. The third kappa shape index (κ3) is 4.46. The van der Waals surface area contributed by atoms with E-state index in [4.69, 9.17) is 4.98 Å². The van der Waals surface area contributed by atoms with Crippen molar-refractivity contribution in [2.75, 3.05) is 23.3 Å². The lowest BCUT2D eigenvalue weighted by atomic mass is 9.95. The van der Waals surface area contributed by atoms with E-state index in [1.54, 1.807) is 31.3 Å². The Labute approximate surface area is 214 Å². The zero-order valence-corrected chi connectivity index (χ0v) is 20.7. The number of rotatable bonds is 6. The van der Waals surface area contributed by atoms with Crippen molar-refractivity contribution in [3.63, 3.8) is 0 Å². The summed E-state index contributed by atoms with van der Waals surface area (Å²) in [5.41, 5.74) is 2.80. The monoisotopic (exact) mass is 527 g/mol. The summed E-state index contributed by atoms with van der Waals surface area (Å²) < 4.78 is 44.6. The lowest BCUT2D eigenvalue weighted by Crippen LogP contribution is -2.47. The van der Waals surface area contributed by atoms with Gasteiger partial charge in [-0.15, -0.1) is 0 Å². The number of benzene rings is 1. The van der Waals surface area contributed by atoms with E-state index in [-0.39, 0.29) is 22.7 Å². The molecule has 1 saturated heterocycles. The molecule has 1 aromatic carbocycles. The predicted molar refractivity (Wildman–Crippen MR) is 133 cm³/mol. The van der Waals surface area contributed by atoms with Gasteiger partial charge in [-0.3, -0.25) is 9.20 Å². The third-order valence-electron chi connectivity index (χ3n) is 6.69. The molecule has 2 N–H and O–H groups in total. The Morgan fingerprint density at radius 2 is 1.92 bits per heavy atom. The summed E-state index contributed by atoms with van der Waals surface area (Å²) in [5, 5.41) is 16.3. The minimum Gasteiger partial charge on any atom is -0.478 e. The van der Waals surface area contributed by atoms with Gasteiger partial charge in [0.05, 0.1) is 22.9 Å². The highest BCUT2D eigenvalue weighted by molar-refractivity contribution is 5.94. The Kier molecular flexibility index (Phi) is 6.12. The molecule has 4 heterocycles. The van der Waals surface area contributed by atoms with Gasteiger partial charge in [-0.2, -0.15) is 13.2 Å². The first-order valence-electron chi connectivity index (χ1n) is 11.8. The lowest BCUT2D eigenvalue weighted by molar-refractivity contribution is -0.155. The van der Waals surface area contributed by atoms with Crippen LogP contribution in [-0.2, 0) is 6.18 Å². The van der Waals surface area contributed by atoms with Crippen LogP contribution in [0.15, 0.2) is 51.9 Å². The average molecular weight is 528 g/mol. The first-order valence-corrected chi connectivity index (χ1v) is 11.8. The SMILES string of the molecule is Cc1cc([C@@H](C)Nc2ccccc2C(=O)O)c2nc(N3CC(c4cc(C(F)(F)F)on4)C3)c(C)c(=O)n2c1. The van der Waals surface area contributed by atoms with Crippen LogP contribution in [-0.4, -0.2) is 38.7 Å². The second kappa shape index (κ2) is 9.19. The lowest BCUT2D eigenvalue weighted by Gasteiger charge is -2.39. The van der Waals surface area contributed by atoms with Gasteiger partial charge in [-0.05, 0) is 44.5 Å². The van der Waals surface area contributed by atoms with Crippen molar-refractivity contribution in [3.05, 3.63) is 86.7 Å². The van der Waals surface area contributed by atoms with Crippen LogP contribution in [0.3, 0.4) is 0 Å². The first-order chi connectivity index (χ1) is 17.9. The van der Waals surface area contributed by atoms with Crippen LogP contribution in [0.1, 0.15) is 57.4 Å². The highest BCUT2D eigenvalue weighted by Gasteiger charge is 2.39. The molecule has 0 radical (unpaired) electrons. The molecule has 0 aliphatic carbocycles. The number of fused-ring (bicyclic) bond motifs is 1. The van der Waals surface area contributed by atoms with Crippen LogP contribution in [0.4, 0.5) is 24.7 Å². The summed E-state index contributed by atoms with van der Waals surface area (Å²) in [7, 11) is 0. The van der Waals surface area contributed by atoms with E-state index in [1.807, 2.05) is 24.8 Å². The molecule has 3 aromatic heterocycles. The predicted octanol–water partition coefficient (Wildman–Crippen LogP) is 4.79. The van der Waals surface area contributed by atoms with Crippen molar-refractivity contribution in [1.82, 2.24) is 14.5 Å². The van der Waals surface area contributed by atoms with Gasteiger partial charge < -0.3 is 19.8 Å². The maximum Gasteiger partial charge on any atom is 0.452 e. The molecule has 0 spiro atoms. The molecule has 38 heavy (non-hydrogen) atoms. The van der Waals surface area contributed by atoms with Crippen molar-refractivity contribution in [2.24, 2.45) is 0 Å². The molecular formula is C26H24F3N5O4. The maximum atomic E-state index is 13.3. The number of anilines is 2. The second-order valence-electron chi connectivity index (χ2n) is 9.46. The van der Waals surface area contributed by atoms with E-state index in [0.717, 1.165) is 11.6 Å². The zero-order chi connectivity index (χ0) is 27.4. The standard InChI is InChI=1S/C26H24F3N5O4/c1-13-8-18(15(3)30-19-7-5-4-6-17(19)25(36)37)23-31-22(14(2)24(35)34(23)10-13)33-11-16(12-33)20-9-21(38-32-20)26(27,28)29/h4-10,15-16,30H,11-12H2,1-3H3,(H,36,37)/t15-/m1/s1. The molecule has 1 fully saturated rings. The highest BCUT2D eigenvalue weighted by atomic mass is 19.4. The fourth-order valence-corrected chi connectivity index (χ4v) is 4.67. The van der Waals surface area contributed by atoms with Crippen LogP contribution in [0, 0.1) is 13.8 Å². The Hall–Kier alpha value is -4.35. The molecule has 1 atom stereocenters. The minimum absolute atomic E-state index is 0.117.